The number of nitrogens with one attached hydrogen (secondary N) is 3. The smallest absolute Gasteiger partial charge is 0.272 e. The fourth-order valence-electron chi connectivity index (χ4n) is 6.03. The highest BCUT2D eigenvalue weighted by Gasteiger charge is 2.28. The highest BCUT2D eigenvalue weighted by atomic mass is 79.9. The Kier molecular flexibility index (Phi) is 11.8. The van der Waals surface area contributed by atoms with Crippen LogP contribution in [0.15, 0.2) is 124 Å². The molecule has 0 saturated heterocycles. The number of carbonyl (C=O) groups excluding carboxylic acids is 3. The van der Waals surface area contributed by atoms with E-state index in [9.17, 15) is 19.6 Å². The summed E-state index contributed by atoms with van der Waals surface area (Å²) in [5.74, 6) is -0.678. The van der Waals surface area contributed by atoms with Crippen molar-refractivity contribution in [2.75, 3.05) is 10.6 Å². The SMILES string of the molecule is CCC(Sc1cccc(NC(=O)/C(=C\c2cccc(Br)c2)NC(=O)c2ccccc2)c1)C(=O)Nc1sc2c(c1C#N)CCC(c1ccccc1)C2. The van der Waals surface area contributed by atoms with Crippen LogP contribution in [-0.2, 0) is 22.4 Å². The van der Waals surface area contributed by atoms with Crippen LogP contribution in [0.2, 0.25) is 0 Å². The molecule has 0 radical (unpaired) electrons. The van der Waals surface area contributed by atoms with E-state index in [-0.39, 0.29) is 11.6 Å². The van der Waals surface area contributed by atoms with Gasteiger partial charge in [0.2, 0.25) is 5.91 Å². The lowest BCUT2D eigenvalue weighted by Crippen LogP contribution is -2.30. The molecule has 5 aromatic rings. The van der Waals surface area contributed by atoms with Crippen molar-refractivity contribution in [3.05, 3.63) is 152 Å². The van der Waals surface area contributed by atoms with Crippen molar-refractivity contribution in [1.29, 1.82) is 5.26 Å². The van der Waals surface area contributed by atoms with Crippen LogP contribution in [0.3, 0.4) is 0 Å². The van der Waals surface area contributed by atoms with Gasteiger partial charge >= 0.3 is 0 Å². The predicted molar refractivity (Wildman–Crippen MR) is 210 cm³/mol. The van der Waals surface area contributed by atoms with Crippen LogP contribution in [0, 0.1) is 11.3 Å². The molecule has 0 bridgehead atoms. The van der Waals surface area contributed by atoms with Crippen LogP contribution in [-0.4, -0.2) is 23.0 Å². The average molecular weight is 776 g/mol. The first kappa shape index (κ1) is 35.9. The molecule has 10 heteroatoms. The monoisotopic (exact) mass is 774 g/mol. The maximum atomic E-state index is 13.6. The molecular formula is C41H35BrN4O3S2. The third-order valence-corrected chi connectivity index (χ3v) is 11.6. The van der Waals surface area contributed by atoms with E-state index in [1.165, 1.54) is 33.5 Å². The van der Waals surface area contributed by atoms with Crippen molar-refractivity contribution in [2.24, 2.45) is 0 Å². The molecule has 1 aliphatic carbocycles. The van der Waals surface area contributed by atoms with E-state index in [1.807, 2.05) is 61.5 Å². The summed E-state index contributed by atoms with van der Waals surface area (Å²) < 4.78 is 0.837. The van der Waals surface area contributed by atoms with Gasteiger partial charge in [-0.2, -0.15) is 5.26 Å². The first-order valence-electron chi connectivity index (χ1n) is 16.6. The fraction of sp³-hybridized carbons (Fsp3) is 0.171. The van der Waals surface area contributed by atoms with Gasteiger partial charge in [-0.15, -0.1) is 23.1 Å². The number of nitrogens with zero attached hydrogens (tertiary/aromatic N) is 1. The Balaban J connectivity index is 1.15. The van der Waals surface area contributed by atoms with E-state index >= 15 is 0 Å². The Morgan fingerprint density at radius 2 is 1.71 bits per heavy atom. The van der Waals surface area contributed by atoms with E-state index in [4.69, 9.17) is 0 Å². The van der Waals surface area contributed by atoms with Crippen LogP contribution in [0.4, 0.5) is 10.7 Å². The summed E-state index contributed by atoms with van der Waals surface area (Å²) >= 11 is 6.37. The zero-order chi connectivity index (χ0) is 35.7. The van der Waals surface area contributed by atoms with Gasteiger partial charge in [-0.25, -0.2) is 0 Å². The molecule has 7 nitrogen and oxygen atoms in total. The molecule has 1 aliphatic rings. The Bertz CT molecular complexity index is 2130. The van der Waals surface area contributed by atoms with Gasteiger partial charge in [0.05, 0.1) is 10.8 Å². The number of thioether (sulfide) groups is 1. The molecule has 2 unspecified atom stereocenters. The molecule has 0 saturated carbocycles. The molecule has 0 spiro atoms. The number of thiophene rings is 1. The number of fused-ring (bicyclic) bond motifs is 1. The van der Waals surface area contributed by atoms with E-state index in [1.54, 1.807) is 36.4 Å². The summed E-state index contributed by atoms with van der Waals surface area (Å²) in [6.07, 6.45) is 4.81. The van der Waals surface area contributed by atoms with Gasteiger partial charge in [0.1, 0.15) is 16.8 Å². The Morgan fingerprint density at radius 1 is 0.961 bits per heavy atom. The lowest BCUT2D eigenvalue weighted by molar-refractivity contribution is -0.116. The van der Waals surface area contributed by atoms with Crippen molar-refractivity contribution >= 4 is 73.5 Å². The van der Waals surface area contributed by atoms with Gasteiger partial charge in [0.15, 0.2) is 0 Å². The zero-order valence-electron chi connectivity index (χ0n) is 27.8. The maximum absolute atomic E-state index is 13.6. The minimum Gasteiger partial charge on any atom is -0.321 e. The van der Waals surface area contributed by atoms with Crippen LogP contribution in [0.5, 0.6) is 0 Å². The highest BCUT2D eigenvalue weighted by molar-refractivity contribution is 9.10. The number of rotatable bonds is 11. The van der Waals surface area contributed by atoms with Crippen LogP contribution >= 0.6 is 39.0 Å². The number of benzene rings is 4. The van der Waals surface area contributed by atoms with Gasteiger partial charge in [-0.05, 0) is 96.8 Å². The molecular weight excluding hydrogens is 741 g/mol. The van der Waals surface area contributed by atoms with Gasteiger partial charge in [-0.3, -0.25) is 14.4 Å². The predicted octanol–water partition coefficient (Wildman–Crippen LogP) is 9.57. The fourth-order valence-corrected chi connectivity index (χ4v) is 8.74. The molecule has 6 rings (SSSR count). The number of anilines is 2. The van der Waals surface area contributed by atoms with Crippen molar-refractivity contribution in [3.8, 4) is 6.07 Å². The molecule has 3 amide bonds. The second-order valence-corrected chi connectivity index (χ2v) is 15.4. The molecule has 4 aromatic carbocycles. The van der Waals surface area contributed by atoms with Gasteiger partial charge in [-0.1, -0.05) is 89.6 Å². The molecule has 51 heavy (non-hydrogen) atoms. The van der Waals surface area contributed by atoms with E-state index < -0.39 is 17.1 Å². The minimum absolute atomic E-state index is 0.0767. The van der Waals surface area contributed by atoms with Gasteiger partial charge in [0, 0.05) is 25.5 Å². The summed E-state index contributed by atoms with van der Waals surface area (Å²) in [6, 6.07) is 36.2. The maximum Gasteiger partial charge on any atom is 0.272 e. The Hall–Kier alpha value is -4.95. The Morgan fingerprint density at radius 3 is 2.43 bits per heavy atom. The summed E-state index contributed by atoms with van der Waals surface area (Å²) in [6.45, 7) is 1.95. The normalized spacial score (nSPS) is 14.5. The number of carbonyl (C=O) groups is 3. The highest BCUT2D eigenvalue weighted by Crippen LogP contribution is 2.42. The van der Waals surface area contributed by atoms with Crippen molar-refractivity contribution in [1.82, 2.24) is 5.32 Å². The van der Waals surface area contributed by atoms with E-state index in [0.717, 1.165) is 39.8 Å². The first-order valence-corrected chi connectivity index (χ1v) is 19.1. The van der Waals surface area contributed by atoms with Crippen LogP contribution in [0.1, 0.15) is 63.2 Å². The number of nitriles is 1. The molecule has 3 N–H and O–H groups in total. The summed E-state index contributed by atoms with van der Waals surface area (Å²) in [5, 5.41) is 19.0. The molecule has 1 aromatic heterocycles. The Labute approximate surface area is 314 Å². The van der Waals surface area contributed by atoms with Crippen LogP contribution < -0.4 is 16.0 Å². The lowest BCUT2D eigenvalue weighted by atomic mass is 9.83. The second kappa shape index (κ2) is 16.8. The van der Waals surface area contributed by atoms with Crippen LogP contribution in [0.25, 0.3) is 6.08 Å². The molecule has 0 fully saturated rings. The van der Waals surface area contributed by atoms with Crippen molar-refractivity contribution < 1.29 is 14.4 Å². The van der Waals surface area contributed by atoms with E-state index in [2.05, 4.69) is 62.2 Å². The third kappa shape index (κ3) is 9.05. The summed E-state index contributed by atoms with van der Waals surface area (Å²) in [5.41, 5.74) is 4.68. The molecule has 256 valence electrons. The molecule has 1 heterocycles. The number of halogens is 1. The average Bonchev–Trinajstić information content (AvgIpc) is 3.50. The number of hydrogen-bond acceptors (Lipinski definition) is 6. The second-order valence-electron chi connectivity index (χ2n) is 12.1. The van der Waals surface area contributed by atoms with Crippen molar-refractivity contribution in [3.63, 3.8) is 0 Å². The van der Waals surface area contributed by atoms with E-state index in [0.29, 0.717) is 34.2 Å². The van der Waals surface area contributed by atoms with Gasteiger partial charge < -0.3 is 16.0 Å². The summed E-state index contributed by atoms with van der Waals surface area (Å²) in [4.78, 5) is 42.2. The lowest BCUT2D eigenvalue weighted by Gasteiger charge is -2.22. The standard InChI is InChI=1S/C41H35BrN4O3S2/c1-2-36(40(49)46-41-34(25-43)33-20-19-29(23-37(33)51-41)27-12-5-3-6-13-27)50-32-18-10-17-31(24-32)44-39(48)35(22-26-11-9-16-30(42)21-26)45-38(47)28-14-7-4-8-15-28/h3-18,21-22,24,29,36H,2,19-20,23H2,1H3,(H,44,48)(H,45,47)(H,46,49)/b35-22+. The van der Waals surface area contributed by atoms with Gasteiger partial charge in [0.25, 0.3) is 11.8 Å². The topological polar surface area (TPSA) is 111 Å². The third-order valence-electron chi connectivity index (χ3n) is 8.61. The number of hydrogen-bond donors (Lipinski definition) is 3. The van der Waals surface area contributed by atoms with Crippen molar-refractivity contribution in [2.45, 2.75) is 48.7 Å². The molecule has 0 aliphatic heterocycles. The first-order chi connectivity index (χ1) is 24.8. The quantitative estimate of drug-likeness (QED) is 0.0915. The number of amides is 3. The largest absolute Gasteiger partial charge is 0.321 e. The molecule has 2 atom stereocenters. The summed E-state index contributed by atoms with van der Waals surface area (Å²) in [7, 11) is 0. The zero-order valence-corrected chi connectivity index (χ0v) is 31.0. The minimum atomic E-state index is -0.494.